The van der Waals surface area contributed by atoms with Gasteiger partial charge >= 0.3 is 5.97 Å². The highest BCUT2D eigenvalue weighted by Gasteiger charge is 2.39. The predicted molar refractivity (Wildman–Crippen MR) is 84.8 cm³/mol. The number of hydrogen-bond donors (Lipinski definition) is 2. The van der Waals surface area contributed by atoms with E-state index in [1.807, 2.05) is 12.1 Å². The maximum atomic E-state index is 11.3. The van der Waals surface area contributed by atoms with Crippen LogP contribution in [-0.2, 0) is 6.54 Å². The molecule has 1 heterocycles. The van der Waals surface area contributed by atoms with Gasteiger partial charge in [-0.05, 0) is 43.4 Å². The first-order chi connectivity index (χ1) is 10.6. The molecule has 22 heavy (non-hydrogen) atoms. The molecule has 0 spiro atoms. The Bertz CT molecular complexity index is 541. The van der Waals surface area contributed by atoms with E-state index in [2.05, 4.69) is 4.90 Å². The van der Waals surface area contributed by atoms with Crippen LogP contribution in [0.5, 0.6) is 0 Å². The first kappa shape index (κ1) is 15.5. The summed E-state index contributed by atoms with van der Waals surface area (Å²) < 4.78 is 0. The minimum atomic E-state index is -0.862. The number of piperidine rings is 1. The van der Waals surface area contributed by atoms with Gasteiger partial charge in [-0.1, -0.05) is 31.0 Å². The van der Waals surface area contributed by atoms with E-state index in [1.165, 1.54) is 12.8 Å². The molecule has 3 rings (SSSR count). The minimum Gasteiger partial charge on any atom is -0.478 e. The Morgan fingerprint density at radius 3 is 2.77 bits per heavy atom. The Labute approximate surface area is 131 Å². The van der Waals surface area contributed by atoms with Crippen LogP contribution in [0.4, 0.5) is 0 Å². The number of aliphatic hydroxyl groups excluding tert-OH is 1. The average molecular weight is 303 g/mol. The van der Waals surface area contributed by atoms with Crippen LogP contribution >= 0.6 is 0 Å². The van der Waals surface area contributed by atoms with E-state index in [-0.39, 0.29) is 12.0 Å². The van der Waals surface area contributed by atoms with Gasteiger partial charge < -0.3 is 10.2 Å². The lowest BCUT2D eigenvalue weighted by Gasteiger charge is -2.42. The van der Waals surface area contributed by atoms with Crippen molar-refractivity contribution in [2.45, 2.75) is 38.6 Å². The van der Waals surface area contributed by atoms with Crippen molar-refractivity contribution in [2.75, 3.05) is 19.7 Å². The number of likely N-dealkylation sites (tertiary alicyclic amines) is 1. The van der Waals surface area contributed by atoms with Gasteiger partial charge in [0.25, 0.3) is 0 Å². The van der Waals surface area contributed by atoms with E-state index in [4.69, 9.17) is 0 Å². The summed E-state index contributed by atoms with van der Waals surface area (Å²) in [6.45, 7) is 2.78. The fourth-order valence-electron chi connectivity index (χ4n) is 3.85. The summed E-state index contributed by atoms with van der Waals surface area (Å²) in [5, 5.41) is 19.2. The highest BCUT2D eigenvalue weighted by atomic mass is 16.4. The molecule has 0 unspecified atom stereocenters. The monoisotopic (exact) mass is 303 g/mol. The molecule has 2 fully saturated rings. The molecular formula is C18H25NO3. The molecule has 2 aliphatic rings. The van der Waals surface area contributed by atoms with Gasteiger partial charge in [0.2, 0.25) is 0 Å². The molecule has 0 bridgehead atoms. The van der Waals surface area contributed by atoms with E-state index in [0.29, 0.717) is 12.1 Å². The number of rotatable bonds is 6. The van der Waals surface area contributed by atoms with Crippen LogP contribution < -0.4 is 0 Å². The second kappa shape index (κ2) is 6.39. The Morgan fingerprint density at radius 1 is 1.32 bits per heavy atom. The molecule has 1 atom stereocenters. The van der Waals surface area contributed by atoms with Gasteiger partial charge in [-0.15, -0.1) is 0 Å². The summed E-state index contributed by atoms with van der Waals surface area (Å²) >= 11 is 0. The summed E-state index contributed by atoms with van der Waals surface area (Å²) in [6, 6.07) is 7.24. The standard InChI is InChI=1S/C18H25NO3/c20-13-18(10-14-6-7-14)8-3-9-19(12-18)11-15-4-1-2-5-16(15)17(21)22/h1-2,4-5,14,20H,3,6-13H2,(H,21,22)/t18-/m0/s1. The number of benzene rings is 1. The van der Waals surface area contributed by atoms with E-state index in [9.17, 15) is 15.0 Å². The third-order valence-corrected chi connectivity index (χ3v) is 5.14. The number of aromatic carboxylic acids is 1. The molecule has 2 N–H and O–H groups in total. The zero-order chi connectivity index (χ0) is 15.6. The zero-order valence-corrected chi connectivity index (χ0v) is 13.0. The molecule has 1 aromatic rings. The fraction of sp³-hybridized carbons (Fsp3) is 0.611. The highest BCUT2D eigenvalue weighted by molar-refractivity contribution is 5.89. The van der Waals surface area contributed by atoms with Gasteiger partial charge in [-0.25, -0.2) is 4.79 Å². The summed E-state index contributed by atoms with van der Waals surface area (Å²) in [4.78, 5) is 13.7. The summed E-state index contributed by atoms with van der Waals surface area (Å²) in [5.41, 5.74) is 1.29. The number of carboxylic acids is 1. The second-order valence-electron chi connectivity index (χ2n) is 7.08. The van der Waals surface area contributed by atoms with Crippen molar-refractivity contribution in [1.29, 1.82) is 0 Å². The molecule has 1 saturated carbocycles. The molecule has 4 heteroatoms. The lowest BCUT2D eigenvalue weighted by Crippen LogP contribution is -2.45. The molecule has 0 radical (unpaired) electrons. The molecule has 1 aliphatic carbocycles. The third-order valence-electron chi connectivity index (χ3n) is 5.14. The van der Waals surface area contributed by atoms with E-state index >= 15 is 0 Å². The van der Waals surface area contributed by atoms with Crippen LogP contribution in [0.25, 0.3) is 0 Å². The number of carbonyl (C=O) groups is 1. The van der Waals surface area contributed by atoms with Crippen LogP contribution in [-0.4, -0.2) is 40.8 Å². The Morgan fingerprint density at radius 2 is 2.09 bits per heavy atom. The molecule has 1 aliphatic heterocycles. The van der Waals surface area contributed by atoms with Crippen molar-refractivity contribution in [3.63, 3.8) is 0 Å². The summed E-state index contributed by atoms with van der Waals surface area (Å²) in [7, 11) is 0. The maximum Gasteiger partial charge on any atom is 0.336 e. The number of nitrogens with zero attached hydrogens (tertiary/aromatic N) is 1. The minimum absolute atomic E-state index is 0.0254. The van der Waals surface area contributed by atoms with E-state index < -0.39 is 5.97 Å². The Hall–Kier alpha value is -1.39. The van der Waals surface area contributed by atoms with E-state index in [1.54, 1.807) is 12.1 Å². The van der Waals surface area contributed by atoms with Crippen LogP contribution in [0.1, 0.15) is 48.0 Å². The van der Waals surface area contributed by atoms with Crippen LogP contribution in [0.2, 0.25) is 0 Å². The summed E-state index contributed by atoms with van der Waals surface area (Å²) in [6.07, 6.45) is 5.92. The van der Waals surface area contributed by atoms with Crippen LogP contribution in [0.3, 0.4) is 0 Å². The van der Waals surface area contributed by atoms with Crippen LogP contribution in [0, 0.1) is 11.3 Å². The SMILES string of the molecule is O=C(O)c1ccccc1CN1CCC[C@](CO)(CC2CC2)C1. The van der Waals surface area contributed by atoms with Gasteiger partial charge in [0.1, 0.15) is 0 Å². The quantitative estimate of drug-likeness (QED) is 0.848. The fourth-order valence-corrected chi connectivity index (χ4v) is 3.85. The van der Waals surface area contributed by atoms with Crippen molar-refractivity contribution >= 4 is 5.97 Å². The van der Waals surface area contributed by atoms with Gasteiger partial charge in [-0.3, -0.25) is 4.90 Å². The van der Waals surface area contributed by atoms with Gasteiger partial charge in [-0.2, -0.15) is 0 Å². The van der Waals surface area contributed by atoms with Gasteiger partial charge in [0.15, 0.2) is 0 Å². The van der Waals surface area contributed by atoms with Crippen molar-refractivity contribution < 1.29 is 15.0 Å². The highest BCUT2D eigenvalue weighted by Crippen LogP contribution is 2.44. The molecule has 120 valence electrons. The molecule has 0 amide bonds. The van der Waals surface area contributed by atoms with Gasteiger partial charge in [0, 0.05) is 25.1 Å². The maximum absolute atomic E-state index is 11.3. The van der Waals surface area contributed by atoms with Crippen molar-refractivity contribution in [3.05, 3.63) is 35.4 Å². The molecule has 0 aromatic heterocycles. The molecular weight excluding hydrogens is 278 g/mol. The second-order valence-corrected chi connectivity index (χ2v) is 7.08. The summed E-state index contributed by atoms with van der Waals surface area (Å²) in [5.74, 6) is -0.0579. The topological polar surface area (TPSA) is 60.8 Å². The average Bonchev–Trinajstić information content (AvgIpc) is 3.32. The molecule has 1 saturated heterocycles. The Kier molecular flexibility index (Phi) is 4.50. The zero-order valence-electron chi connectivity index (χ0n) is 13.0. The van der Waals surface area contributed by atoms with Crippen molar-refractivity contribution in [2.24, 2.45) is 11.3 Å². The number of aliphatic hydroxyl groups is 1. The normalized spacial score (nSPS) is 26.0. The van der Waals surface area contributed by atoms with Crippen LogP contribution in [0.15, 0.2) is 24.3 Å². The lowest BCUT2D eigenvalue weighted by molar-refractivity contribution is 0.0178. The largest absolute Gasteiger partial charge is 0.478 e. The van der Waals surface area contributed by atoms with E-state index in [0.717, 1.165) is 43.8 Å². The first-order valence-electron chi connectivity index (χ1n) is 8.26. The first-order valence-corrected chi connectivity index (χ1v) is 8.26. The lowest BCUT2D eigenvalue weighted by atomic mass is 9.76. The number of carboxylic acid groups (broad SMARTS) is 1. The third kappa shape index (κ3) is 3.50. The van der Waals surface area contributed by atoms with Crippen molar-refractivity contribution in [3.8, 4) is 0 Å². The Balaban J connectivity index is 1.71. The van der Waals surface area contributed by atoms with Gasteiger partial charge in [0.05, 0.1) is 5.56 Å². The number of hydrogen-bond acceptors (Lipinski definition) is 3. The smallest absolute Gasteiger partial charge is 0.336 e. The molecule has 1 aromatic carbocycles. The van der Waals surface area contributed by atoms with Crippen molar-refractivity contribution in [1.82, 2.24) is 4.90 Å². The molecule has 4 nitrogen and oxygen atoms in total. The predicted octanol–water partition coefficient (Wildman–Crippen LogP) is 2.76.